The summed E-state index contributed by atoms with van der Waals surface area (Å²) in [7, 11) is 0. The van der Waals surface area contributed by atoms with E-state index in [1.54, 1.807) is 10.6 Å². The van der Waals surface area contributed by atoms with Crippen LogP contribution in [-0.4, -0.2) is 54.8 Å². The van der Waals surface area contributed by atoms with Crippen molar-refractivity contribution in [3.8, 4) is 11.1 Å². The number of ether oxygens (including phenoxy) is 1. The molecule has 1 aliphatic rings. The summed E-state index contributed by atoms with van der Waals surface area (Å²) in [5, 5.41) is 2.95. The number of unbranched alkanes of at least 4 members (excludes halogenated alkanes) is 1. The van der Waals surface area contributed by atoms with E-state index in [0.717, 1.165) is 69.7 Å². The van der Waals surface area contributed by atoms with Crippen LogP contribution >= 0.6 is 0 Å². The van der Waals surface area contributed by atoms with Crippen LogP contribution in [0.2, 0.25) is 0 Å². The second kappa shape index (κ2) is 11.8. The molecule has 31 heavy (non-hydrogen) atoms. The quantitative estimate of drug-likeness (QED) is 0.593. The minimum atomic E-state index is -0.288. The van der Waals surface area contributed by atoms with E-state index in [4.69, 9.17) is 4.74 Å². The number of morpholine rings is 1. The Kier molecular flexibility index (Phi) is 8.85. The molecule has 2 aromatic rings. The molecule has 1 aromatic heterocycles. The highest BCUT2D eigenvalue weighted by molar-refractivity contribution is 5.95. The van der Waals surface area contributed by atoms with E-state index in [1.807, 2.05) is 6.20 Å². The molecule has 6 nitrogen and oxygen atoms in total. The van der Waals surface area contributed by atoms with Gasteiger partial charge in [0.05, 0.1) is 13.2 Å². The summed E-state index contributed by atoms with van der Waals surface area (Å²) in [5.41, 5.74) is 3.19. The van der Waals surface area contributed by atoms with Crippen LogP contribution in [0.4, 0.5) is 0 Å². The summed E-state index contributed by atoms with van der Waals surface area (Å²) in [6, 6.07) is 10.1. The van der Waals surface area contributed by atoms with E-state index >= 15 is 0 Å². The Balaban J connectivity index is 1.73. The van der Waals surface area contributed by atoms with Gasteiger partial charge < -0.3 is 14.6 Å². The largest absolute Gasteiger partial charge is 0.379 e. The van der Waals surface area contributed by atoms with Gasteiger partial charge in [0.2, 0.25) is 0 Å². The second-order valence-electron chi connectivity index (χ2n) is 8.11. The fourth-order valence-electron chi connectivity index (χ4n) is 3.81. The molecule has 0 unspecified atom stereocenters. The van der Waals surface area contributed by atoms with E-state index in [1.165, 1.54) is 5.56 Å². The molecule has 168 valence electrons. The summed E-state index contributed by atoms with van der Waals surface area (Å²) in [6.45, 7) is 9.75. The molecule has 1 N–H and O–H groups in total. The maximum absolute atomic E-state index is 13.0. The number of nitrogens with one attached hydrogen (secondary N) is 1. The van der Waals surface area contributed by atoms with E-state index in [0.29, 0.717) is 13.1 Å². The first-order chi connectivity index (χ1) is 15.1. The summed E-state index contributed by atoms with van der Waals surface area (Å²) in [4.78, 5) is 28.2. The predicted molar refractivity (Wildman–Crippen MR) is 125 cm³/mol. The lowest BCUT2D eigenvalue weighted by atomic mass is 10.0. The number of amides is 1. The minimum Gasteiger partial charge on any atom is -0.379 e. The molecule has 1 amide bonds. The van der Waals surface area contributed by atoms with Gasteiger partial charge in [-0.3, -0.25) is 14.5 Å². The van der Waals surface area contributed by atoms with Crippen LogP contribution in [0.5, 0.6) is 0 Å². The number of hydrogen-bond donors (Lipinski definition) is 1. The van der Waals surface area contributed by atoms with Crippen LogP contribution < -0.4 is 10.9 Å². The van der Waals surface area contributed by atoms with Gasteiger partial charge in [-0.15, -0.1) is 0 Å². The lowest BCUT2D eigenvalue weighted by molar-refractivity contribution is 0.0374. The normalized spacial score (nSPS) is 14.5. The van der Waals surface area contributed by atoms with Crippen molar-refractivity contribution in [2.75, 3.05) is 39.4 Å². The highest BCUT2D eigenvalue weighted by atomic mass is 16.5. The zero-order valence-corrected chi connectivity index (χ0v) is 18.9. The molecule has 1 aliphatic heterocycles. The fourth-order valence-corrected chi connectivity index (χ4v) is 3.81. The fraction of sp³-hybridized carbons (Fsp3) is 0.520. The van der Waals surface area contributed by atoms with Crippen molar-refractivity contribution < 1.29 is 9.53 Å². The molecule has 1 saturated heterocycles. The minimum absolute atomic E-state index is 0.215. The van der Waals surface area contributed by atoms with E-state index in [2.05, 4.69) is 48.3 Å². The average molecular weight is 426 g/mol. The molecule has 0 radical (unpaired) electrons. The maximum atomic E-state index is 13.0. The summed E-state index contributed by atoms with van der Waals surface area (Å²) in [5.74, 6) is -0.288. The van der Waals surface area contributed by atoms with Crippen LogP contribution in [0.25, 0.3) is 11.1 Å². The zero-order valence-electron chi connectivity index (χ0n) is 18.9. The van der Waals surface area contributed by atoms with Gasteiger partial charge in [0.1, 0.15) is 5.56 Å². The summed E-state index contributed by atoms with van der Waals surface area (Å²) >= 11 is 0. The van der Waals surface area contributed by atoms with Crippen LogP contribution in [-0.2, 0) is 17.7 Å². The Bertz CT molecular complexity index is 899. The van der Waals surface area contributed by atoms with Gasteiger partial charge >= 0.3 is 0 Å². The summed E-state index contributed by atoms with van der Waals surface area (Å²) in [6.07, 6.45) is 5.61. The van der Waals surface area contributed by atoms with E-state index in [-0.39, 0.29) is 17.0 Å². The molecular formula is C25H35N3O3. The molecule has 3 rings (SSSR count). The van der Waals surface area contributed by atoms with Crippen LogP contribution in [0.1, 0.15) is 49.0 Å². The number of carbonyl (C=O) groups is 1. The number of carbonyl (C=O) groups excluding carboxylic acids is 1. The molecule has 0 atom stereocenters. The van der Waals surface area contributed by atoms with Crippen molar-refractivity contribution in [2.24, 2.45) is 0 Å². The Hall–Kier alpha value is -2.44. The zero-order chi connectivity index (χ0) is 22.1. The van der Waals surface area contributed by atoms with Gasteiger partial charge in [-0.25, -0.2) is 0 Å². The van der Waals surface area contributed by atoms with Crippen molar-refractivity contribution in [3.63, 3.8) is 0 Å². The van der Waals surface area contributed by atoms with Gasteiger partial charge in [0, 0.05) is 32.4 Å². The number of nitrogens with zero attached hydrogens (tertiary/aromatic N) is 2. The van der Waals surface area contributed by atoms with Crippen molar-refractivity contribution in [1.82, 2.24) is 14.8 Å². The monoisotopic (exact) mass is 425 g/mol. The first-order valence-electron chi connectivity index (χ1n) is 11.5. The van der Waals surface area contributed by atoms with Gasteiger partial charge in [0.15, 0.2) is 0 Å². The standard InChI is InChI=1S/C25H35N3O3/c1-3-5-13-28-19-22(21-9-7-20(4-2)8-10-21)18-23(25(28)30)24(29)26-11-6-12-27-14-16-31-17-15-27/h7-10,18-19H,3-6,11-17H2,1-2H3,(H,26,29). The molecule has 0 bridgehead atoms. The number of pyridine rings is 1. The van der Waals surface area contributed by atoms with Crippen LogP contribution in [0, 0.1) is 0 Å². The third-order valence-corrected chi connectivity index (χ3v) is 5.82. The molecule has 6 heteroatoms. The Morgan fingerprint density at radius 1 is 1.03 bits per heavy atom. The van der Waals surface area contributed by atoms with E-state index in [9.17, 15) is 9.59 Å². The van der Waals surface area contributed by atoms with Crippen molar-refractivity contribution in [3.05, 3.63) is 58.0 Å². The van der Waals surface area contributed by atoms with Gasteiger partial charge in [-0.1, -0.05) is 44.5 Å². The highest BCUT2D eigenvalue weighted by Crippen LogP contribution is 2.20. The molecule has 1 fully saturated rings. The third kappa shape index (κ3) is 6.52. The predicted octanol–water partition coefficient (Wildman–Crippen LogP) is 3.33. The Morgan fingerprint density at radius 3 is 2.45 bits per heavy atom. The van der Waals surface area contributed by atoms with Gasteiger partial charge in [0.25, 0.3) is 11.5 Å². The van der Waals surface area contributed by atoms with Gasteiger partial charge in [-0.05, 0) is 48.6 Å². The second-order valence-corrected chi connectivity index (χ2v) is 8.11. The first kappa shape index (κ1) is 23.2. The van der Waals surface area contributed by atoms with Crippen LogP contribution in [0.15, 0.2) is 41.3 Å². The van der Waals surface area contributed by atoms with Gasteiger partial charge in [-0.2, -0.15) is 0 Å². The van der Waals surface area contributed by atoms with Crippen LogP contribution in [0.3, 0.4) is 0 Å². The van der Waals surface area contributed by atoms with Crippen molar-refractivity contribution >= 4 is 5.91 Å². The number of aromatic nitrogens is 1. The smallest absolute Gasteiger partial charge is 0.263 e. The molecular weight excluding hydrogens is 390 g/mol. The molecule has 0 aliphatic carbocycles. The molecule has 1 aromatic carbocycles. The summed E-state index contributed by atoms with van der Waals surface area (Å²) < 4.78 is 7.06. The van der Waals surface area contributed by atoms with Crippen molar-refractivity contribution in [2.45, 2.75) is 46.1 Å². The Labute approximate surface area is 185 Å². The Morgan fingerprint density at radius 2 is 1.77 bits per heavy atom. The maximum Gasteiger partial charge on any atom is 0.263 e. The average Bonchev–Trinajstić information content (AvgIpc) is 2.81. The number of rotatable bonds is 10. The number of aryl methyl sites for hydroxylation is 2. The number of hydrogen-bond acceptors (Lipinski definition) is 4. The highest BCUT2D eigenvalue weighted by Gasteiger charge is 2.16. The lowest BCUT2D eigenvalue weighted by Crippen LogP contribution is -2.38. The SMILES string of the molecule is CCCCn1cc(-c2ccc(CC)cc2)cc(C(=O)NCCCN2CCOCC2)c1=O. The molecule has 0 saturated carbocycles. The topological polar surface area (TPSA) is 63.6 Å². The lowest BCUT2D eigenvalue weighted by Gasteiger charge is -2.26. The first-order valence-corrected chi connectivity index (χ1v) is 11.5. The number of benzene rings is 1. The molecule has 2 heterocycles. The third-order valence-electron chi connectivity index (χ3n) is 5.82. The van der Waals surface area contributed by atoms with Crippen molar-refractivity contribution in [1.29, 1.82) is 0 Å². The molecule has 0 spiro atoms. The van der Waals surface area contributed by atoms with E-state index < -0.39 is 0 Å².